The molecule has 17 nitrogen and oxygen atoms in total. The number of cyclic esters (lactones) is 1. The van der Waals surface area contributed by atoms with Crippen molar-refractivity contribution >= 4 is 29.0 Å². The topological polar surface area (TPSA) is 211 Å². The number of aromatic hydroxyl groups is 3. The van der Waals surface area contributed by atoms with Gasteiger partial charge in [0.1, 0.15) is 23.9 Å². The minimum atomic E-state index is -1.90. The fourth-order valence-corrected chi connectivity index (χ4v) is 12.2. The van der Waals surface area contributed by atoms with Gasteiger partial charge in [0.15, 0.2) is 11.4 Å². The molecular formula is C55H62N8O9. The lowest BCUT2D eigenvalue weighted by atomic mass is 9.86. The fraction of sp³-hybridized carbons (Fsp3) is 0.455. The number of carbonyl (C=O) groups excluding carboxylic acids is 2. The van der Waals surface area contributed by atoms with E-state index < -0.39 is 17.1 Å². The van der Waals surface area contributed by atoms with Crippen molar-refractivity contribution in [1.29, 1.82) is 0 Å². The number of pyridine rings is 2. The smallest absolute Gasteiger partial charge is 0.415 e. The highest BCUT2D eigenvalue weighted by Crippen LogP contribution is 2.44. The number of amides is 1. The van der Waals surface area contributed by atoms with Crippen LogP contribution in [-0.2, 0) is 53.2 Å². The number of nitrogens with zero attached hydrogens (tertiary/aromatic N) is 8. The molecule has 4 aliphatic heterocycles. The predicted octanol–water partition coefficient (Wildman–Crippen LogP) is 7.69. The molecule has 0 saturated carbocycles. The van der Waals surface area contributed by atoms with Crippen LogP contribution in [-0.4, -0.2) is 103 Å². The highest BCUT2D eigenvalue weighted by Gasteiger charge is 2.46. The Labute approximate surface area is 417 Å². The van der Waals surface area contributed by atoms with Crippen LogP contribution in [0.5, 0.6) is 23.3 Å². The van der Waals surface area contributed by atoms with E-state index in [4.69, 9.17) is 14.5 Å². The Morgan fingerprint density at radius 2 is 1.72 bits per heavy atom. The number of allylic oxidation sites excluding steroid dienone is 1. The molecule has 2 aromatic carbocycles. The van der Waals surface area contributed by atoms with Crippen LogP contribution in [0.4, 0.5) is 4.79 Å². The normalized spacial score (nSPS) is 21.2. The first-order valence-corrected chi connectivity index (χ1v) is 25.5. The zero-order valence-corrected chi connectivity index (χ0v) is 41.5. The van der Waals surface area contributed by atoms with E-state index in [1.165, 1.54) is 11.8 Å². The number of hydrogen-bond donors (Lipinski definition) is 4. The molecule has 0 radical (unpaired) electrons. The second kappa shape index (κ2) is 17.9. The predicted molar refractivity (Wildman–Crippen MR) is 269 cm³/mol. The van der Waals surface area contributed by atoms with Crippen molar-refractivity contribution in [3.8, 4) is 46.0 Å². The second-order valence-corrected chi connectivity index (χ2v) is 20.9. The van der Waals surface area contributed by atoms with Gasteiger partial charge in [-0.3, -0.25) is 9.36 Å². The lowest BCUT2D eigenvalue weighted by Gasteiger charge is -2.41. The molecule has 17 heteroatoms. The summed E-state index contributed by atoms with van der Waals surface area (Å²) in [6.45, 7) is 14.0. The standard InChI is InChI=1S/C55H62N8O9/c1-6-36-38-24-35(8-9-43(38)56-48-40(36)29-62-44(48)26-42-41(50(62)66)30-71-51(67)55(42,70)7-2)72-53(69)61-22-15-34(16-23-61)59-18-11-32(12-19-59)13-20-60-21-14-33-10-17-54(5,28-45(33)60)63-49(57-58-52(63)68)39-25-37(31(3)4)46(64)27-47(39)65/h8-10,14,17,21,24-27,31-32,34,64-65,70H,6-7,11-13,15-16,18-20,22-23,28-30H2,1-5H3,(H,58,68). The van der Waals surface area contributed by atoms with Crippen molar-refractivity contribution in [2.75, 3.05) is 26.2 Å². The number of ether oxygens (including phenoxy) is 2. The highest BCUT2D eigenvalue weighted by atomic mass is 16.6. The summed E-state index contributed by atoms with van der Waals surface area (Å²) in [5.41, 5.74) is 4.79. The van der Waals surface area contributed by atoms with Crippen LogP contribution in [0.2, 0.25) is 0 Å². The van der Waals surface area contributed by atoms with Crippen molar-refractivity contribution in [3.63, 3.8) is 0 Å². The van der Waals surface area contributed by atoms with Gasteiger partial charge in [-0.15, -0.1) is 5.10 Å². The maximum absolute atomic E-state index is 13.8. The summed E-state index contributed by atoms with van der Waals surface area (Å²) < 4.78 is 16.9. The van der Waals surface area contributed by atoms with E-state index in [-0.39, 0.29) is 59.2 Å². The molecular weight excluding hydrogens is 917 g/mol. The average molecular weight is 979 g/mol. The van der Waals surface area contributed by atoms with Crippen molar-refractivity contribution in [1.82, 2.24) is 38.7 Å². The number of likely N-dealkylation sites (tertiary alicyclic amines) is 2. The summed E-state index contributed by atoms with van der Waals surface area (Å²) in [5.74, 6) is 0.459. The second-order valence-electron chi connectivity index (χ2n) is 20.9. The van der Waals surface area contributed by atoms with Gasteiger partial charge in [0.2, 0.25) is 0 Å². The van der Waals surface area contributed by atoms with Gasteiger partial charge in [0.05, 0.1) is 40.1 Å². The van der Waals surface area contributed by atoms with Gasteiger partial charge < -0.3 is 48.8 Å². The van der Waals surface area contributed by atoms with Crippen molar-refractivity contribution in [2.45, 2.75) is 129 Å². The maximum Gasteiger partial charge on any atom is 0.415 e. The number of hydrogen-bond acceptors (Lipinski definition) is 13. The maximum atomic E-state index is 13.8. The van der Waals surface area contributed by atoms with Gasteiger partial charge >= 0.3 is 18.1 Å². The van der Waals surface area contributed by atoms with Crippen LogP contribution in [0.3, 0.4) is 0 Å². The summed E-state index contributed by atoms with van der Waals surface area (Å²) in [7, 11) is 0. The van der Waals surface area contributed by atoms with Gasteiger partial charge in [-0.05, 0) is 130 Å². The van der Waals surface area contributed by atoms with Crippen LogP contribution >= 0.6 is 0 Å². The summed E-state index contributed by atoms with van der Waals surface area (Å²) >= 11 is 0. The highest BCUT2D eigenvalue weighted by molar-refractivity contribution is 5.90. The van der Waals surface area contributed by atoms with E-state index in [9.17, 15) is 34.8 Å². The molecule has 72 heavy (non-hydrogen) atoms. The van der Waals surface area contributed by atoms with Crippen molar-refractivity contribution in [2.24, 2.45) is 5.92 Å². The Kier molecular flexibility index (Phi) is 11.8. The van der Waals surface area contributed by atoms with Gasteiger partial charge in [-0.2, -0.15) is 0 Å². The molecule has 2 saturated heterocycles. The van der Waals surface area contributed by atoms with Gasteiger partial charge in [0.25, 0.3) is 5.56 Å². The van der Waals surface area contributed by atoms with E-state index in [1.807, 2.05) is 39.8 Å². The molecule has 0 spiro atoms. The molecule has 376 valence electrons. The molecule has 4 N–H and O–H groups in total. The fourth-order valence-electron chi connectivity index (χ4n) is 12.2. The third-order valence-electron chi connectivity index (χ3n) is 16.4. The van der Waals surface area contributed by atoms with Crippen LogP contribution in [0.1, 0.15) is 118 Å². The third kappa shape index (κ3) is 7.82. The molecule has 8 heterocycles. The number of rotatable bonds is 10. The molecule has 1 amide bonds. The monoisotopic (exact) mass is 978 g/mol. The number of aromatic nitrogens is 6. The minimum absolute atomic E-state index is 0.00139. The van der Waals surface area contributed by atoms with Gasteiger partial charge in [-0.1, -0.05) is 44.9 Å². The number of phenols is 2. The van der Waals surface area contributed by atoms with Crippen LogP contribution < -0.4 is 10.3 Å². The number of fused-ring (bicyclic) bond motifs is 6. The van der Waals surface area contributed by atoms with Crippen molar-refractivity contribution < 1.29 is 39.5 Å². The number of phenolic OH excluding ortho intramolecular Hbond substituents is 2. The lowest BCUT2D eigenvalue weighted by Crippen LogP contribution is -2.49. The Bertz CT molecular complexity index is 3260. The molecule has 0 bridgehead atoms. The average Bonchev–Trinajstić information content (AvgIpc) is 4.08. The largest absolute Gasteiger partial charge is 0.508 e. The number of benzene rings is 2. The van der Waals surface area contributed by atoms with E-state index in [2.05, 4.69) is 44.1 Å². The van der Waals surface area contributed by atoms with E-state index in [0.29, 0.717) is 84.0 Å². The van der Waals surface area contributed by atoms with Gasteiger partial charge in [0, 0.05) is 66.6 Å². The quantitative estimate of drug-likeness (QED) is 0.0970. The molecule has 4 aromatic heterocycles. The Morgan fingerprint density at radius 1 is 0.944 bits per heavy atom. The summed E-state index contributed by atoms with van der Waals surface area (Å²) in [4.78, 5) is 49.5. The third-order valence-corrected chi connectivity index (χ3v) is 16.4. The first-order valence-electron chi connectivity index (χ1n) is 25.5. The molecule has 2 unspecified atom stereocenters. The van der Waals surface area contributed by atoms with Crippen molar-refractivity contribution in [3.05, 3.63) is 104 Å². The Balaban J connectivity index is 0.691. The minimum Gasteiger partial charge on any atom is -0.508 e. The number of esters is 1. The Hall–Kier alpha value is -6.98. The first kappa shape index (κ1) is 47.4. The van der Waals surface area contributed by atoms with Gasteiger partial charge in [-0.25, -0.2) is 14.6 Å². The van der Waals surface area contributed by atoms with Crippen LogP contribution in [0.25, 0.3) is 39.8 Å². The van der Waals surface area contributed by atoms with Crippen LogP contribution in [0.15, 0.2) is 59.5 Å². The lowest BCUT2D eigenvalue weighted by molar-refractivity contribution is -0.172. The van der Waals surface area contributed by atoms with E-state index >= 15 is 0 Å². The molecule has 2 atom stereocenters. The first-order chi connectivity index (χ1) is 34.6. The van der Waals surface area contributed by atoms with E-state index in [1.54, 1.807) is 39.2 Å². The molecule has 11 rings (SSSR count). The number of aryl methyl sites for hydroxylation is 2. The molecule has 2 fully saturated rings. The Morgan fingerprint density at radius 3 is 2.46 bits per heavy atom. The zero-order chi connectivity index (χ0) is 50.4. The summed E-state index contributed by atoms with van der Waals surface area (Å²) in [5, 5.41) is 53.0. The molecule has 6 aromatic rings. The number of piperidine rings is 2. The van der Waals surface area contributed by atoms with E-state index in [0.717, 1.165) is 73.8 Å². The SMILES string of the molecule is CCc1c2c(nc3ccc(OC(=O)N4CCC(N5CCC(CCn6ccc7c6CC(C)(n6c(O)nnc6-c6cc(C(C)C)c(O)cc6O)C=C7)CC5)CC4)cc13)-c1cc3c(c(=O)n1C2)COC(=O)C3(O)CC. The number of carbonyl (C=O) groups is 2. The molecule has 5 aliphatic rings. The summed E-state index contributed by atoms with van der Waals surface area (Å²) in [6, 6.07) is 12.5. The zero-order valence-electron chi connectivity index (χ0n) is 41.5. The van der Waals surface area contributed by atoms with Crippen LogP contribution in [0, 0.1) is 5.92 Å². The molecule has 1 aliphatic carbocycles. The summed E-state index contributed by atoms with van der Waals surface area (Å²) in [6.07, 6.45) is 12.3. The number of aliphatic hydroxyl groups is 1.